The molecule has 2 N–H and O–H groups in total. The largest absolute Gasteiger partial charge is 0.496 e. The highest BCUT2D eigenvalue weighted by atomic mass is 32.2. The smallest absolute Gasteiger partial charge is 0.261 e. The topological polar surface area (TPSA) is 87.7 Å². The maximum absolute atomic E-state index is 13.1. The molecule has 7 nitrogen and oxygen atoms in total. The van der Waals surface area contributed by atoms with Crippen LogP contribution in [0.2, 0.25) is 0 Å². The van der Waals surface area contributed by atoms with Crippen molar-refractivity contribution in [3.05, 3.63) is 89.7 Å². The van der Waals surface area contributed by atoms with Crippen LogP contribution in [0.15, 0.2) is 77.7 Å². The number of rotatable bonds is 9. The molecular formula is C26H28FN3O4S. The number of methoxy groups -OCH3 is 1. The Kier molecular flexibility index (Phi) is 7.67. The van der Waals surface area contributed by atoms with Crippen LogP contribution < -0.4 is 14.8 Å². The molecule has 9 heteroatoms. The number of amides is 1. The molecule has 1 heterocycles. The van der Waals surface area contributed by atoms with Gasteiger partial charge in [0.1, 0.15) is 11.6 Å². The highest BCUT2D eigenvalue weighted by molar-refractivity contribution is 7.92. The number of anilines is 1. The van der Waals surface area contributed by atoms with Gasteiger partial charge in [-0.25, -0.2) is 12.8 Å². The maximum Gasteiger partial charge on any atom is 0.261 e. The van der Waals surface area contributed by atoms with Crippen LogP contribution in [0.25, 0.3) is 0 Å². The second-order valence-corrected chi connectivity index (χ2v) is 10.0. The normalized spacial score (nSPS) is 14.9. The lowest BCUT2D eigenvalue weighted by Gasteiger charge is -2.29. The van der Waals surface area contributed by atoms with E-state index in [1.165, 1.54) is 48.5 Å². The van der Waals surface area contributed by atoms with Crippen LogP contribution in [0, 0.1) is 5.82 Å². The number of nitrogens with one attached hydrogen (secondary N) is 2. The van der Waals surface area contributed by atoms with Gasteiger partial charge in [0.15, 0.2) is 0 Å². The summed E-state index contributed by atoms with van der Waals surface area (Å²) in [5.41, 5.74) is 1.62. The number of nitrogens with zero attached hydrogens (tertiary/aromatic N) is 1. The van der Waals surface area contributed by atoms with Gasteiger partial charge in [-0.3, -0.25) is 14.4 Å². The second kappa shape index (κ2) is 10.9. The number of carbonyl (C=O) groups is 1. The first-order chi connectivity index (χ1) is 16.9. The molecule has 0 aromatic heterocycles. The lowest BCUT2D eigenvalue weighted by atomic mass is 10.0. The van der Waals surface area contributed by atoms with Crippen LogP contribution in [0.3, 0.4) is 0 Å². The Balaban J connectivity index is 1.44. The van der Waals surface area contributed by atoms with Gasteiger partial charge in [0.25, 0.3) is 15.9 Å². The van der Waals surface area contributed by atoms with Gasteiger partial charge < -0.3 is 10.1 Å². The third kappa shape index (κ3) is 5.98. The highest BCUT2D eigenvalue weighted by Crippen LogP contribution is 2.31. The standard InChI is InChI=1S/C26H28FN3O4S/c1-34-25-7-3-2-6-23(25)24(30-16-4-5-17-30)18-28-26(31)19-8-14-22(15-9-19)35(32,33)29-21-12-10-20(27)11-13-21/h2-3,6-15,24,29H,4-5,16-18H2,1H3,(H,28,31)/t24-/m0/s1. The van der Waals surface area contributed by atoms with Gasteiger partial charge in [0.05, 0.1) is 18.0 Å². The van der Waals surface area contributed by atoms with Crippen molar-refractivity contribution in [1.82, 2.24) is 10.2 Å². The number of hydrogen-bond acceptors (Lipinski definition) is 5. The lowest BCUT2D eigenvalue weighted by molar-refractivity contribution is 0.0937. The minimum Gasteiger partial charge on any atom is -0.496 e. The van der Waals surface area contributed by atoms with E-state index in [1.807, 2.05) is 24.3 Å². The van der Waals surface area contributed by atoms with E-state index in [-0.39, 0.29) is 22.5 Å². The van der Waals surface area contributed by atoms with E-state index in [4.69, 9.17) is 4.74 Å². The zero-order valence-corrected chi connectivity index (χ0v) is 20.2. The molecule has 1 atom stereocenters. The van der Waals surface area contributed by atoms with E-state index in [0.717, 1.165) is 37.2 Å². The first kappa shape index (κ1) is 24.7. The third-order valence-corrected chi connectivity index (χ3v) is 7.46. The van der Waals surface area contributed by atoms with E-state index in [1.54, 1.807) is 7.11 Å². The molecule has 0 unspecified atom stereocenters. The Morgan fingerprint density at radius 2 is 1.66 bits per heavy atom. The fourth-order valence-corrected chi connectivity index (χ4v) is 5.30. The van der Waals surface area contributed by atoms with Crippen LogP contribution in [0.4, 0.5) is 10.1 Å². The zero-order chi connectivity index (χ0) is 24.8. The number of ether oxygens (including phenoxy) is 1. The summed E-state index contributed by atoms with van der Waals surface area (Å²) in [6.45, 7) is 2.30. The molecule has 3 aromatic carbocycles. The number of likely N-dealkylation sites (tertiary alicyclic amines) is 1. The van der Waals surface area contributed by atoms with E-state index < -0.39 is 15.8 Å². The van der Waals surface area contributed by atoms with Gasteiger partial charge in [0.2, 0.25) is 0 Å². The predicted octanol–water partition coefficient (Wildman–Crippen LogP) is 4.20. The molecule has 0 aliphatic carbocycles. The van der Waals surface area contributed by atoms with Crippen molar-refractivity contribution in [2.45, 2.75) is 23.8 Å². The Hall–Kier alpha value is -3.43. The second-order valence-electron chi connectivity index (χ2n) is 8.35. The van der Waals surface area contributed by atoms with Gasteiger partial charge in [-0.1, -0.05) is 18.2 Å². The Morgan fingerprint density at radius 1 is 1.00 bits per heavy atom. The summed E-state index contributed by atoms with van der Waals surface area (Å²) in [6.07, 6.45) is 2.23. The van der Waals surface area contributed by atoms with Crippen molar-refractivity contribution in [1.29, 1.82) is 0 Å². The number of hydrogen-bond donors (Lipinski definition) is 2. The van der Waals surface area contributed by atoms with Crippen molar-refractivity contribution >= 4 is 21.6 Å². The van der Waals surface area contributed by atoms with E-state index in [2.05, 4.69) is 14.9 Å². The van der Waals surface area contributed by atoms with Gasteiger partial charge in [-0.2, -0.15) is 0 Å². The van der Waals surface area contributed by atoms with Crippen molar-refractivity contribution in [3.8, 4) is 5.75 Å². The summed E-state index contributed by atoms with van der Waals surface area (Å²) < 4.78 is 46.3. The van der Waals surface area contributed by atoms with Crippen molar-refractivity contribution in [2.24, 2.45) is 0 Å². The molecule has 184 valence electrons. The summed E-state index contributed by atoms with van der Waals surface area (Å²) in [5, 5.41) is 2.99. The van der Waals surface area contributed by atoms with Crippen LogP contribution in [0.1, 0.15) is 34.8 Å². The summed E-state index contributed by atoms with van der Waals surface area (Å²) in [6, 6.07) is 18.5. The van der Waals surface area contributed by atoms with Crippen molar-refractivity contribution < 1.29 is 22.3 Å². The molecule has 1 aliphatic rings. The fourth-order valence-electron chi connectivity index (χ4n) is 4.24. The molecule has 4 rings (SSSR count). The molecule has 0 saturated carbocycles. The molecule has 35 heavy (non-hydrogen) atoms. The average Bonchev–Trinajstić information content (AvgIpc) is 3.40. The lowest BCUT2D eigenvalue weighted by Crippen LogP contribution is -2.37. The molecular weight excluding hydrogens is 469 g/mol. The van der Waals surface area contributed by atoms with Gasteiger partial charge in [-0.15, -0.1) is 0 Å². The number of sulfonamides is 1. The van der Waals surface area contributed by atoms with E-state index >= 15 is 0 Å². The van der Waals surface area contributed by atoms with Crippen molar-refractivity contribution in [2.75, 3.05) is 31.5 Å². The Labute approximate surface area is 205 Å². The first-order valence-electron chi connectivity index (χ1n) is 11.4. The van der Waals surface area contributed by atoms with Crippen LogP contribution in [-0.4, -0.2) is 46.0 Å². The number of halogens is 1. The third-order valence-electron chi connectivity index (χ3n) is 6.06. The van der Waals surface area contributed by atoms with Crippen LogP contribution in [0.5, 0.6) is 5.75 Å². The first-order valence-corrected chi connectivity index (χ1v) is 12.9. The number of para-hydroxylation sites is 1. The molecule has 1 fully saturated rings. The van der Waals surface area contributed by atoms with Gasteiger partial charge in [-0.05, 0) is 80.5 Å². The predicted molar refractivity (Wildman–Crippen MR) is 133 cm³/mol. The molecule has 0 spiro atoms. The molecule has 0 bridgehead atoms. The van der Waals surface area contributed by atoms with Gasteiger partial charge in [0, 0.05) is 23.4 Å². The van der Waals surface area contributed by atoms with Gasteiger partial charge >= 0.3 is 0 Å². The van der Waals surface area contributed by atoms with Crippen LogP contribution >= 0.6 is 0 Å². The molecule has 0 radical (unpaired) electrons. The molecule has 1 aliphatic heterocycles. The maximum atomic E-state index is 13.1. The summed E-state index contributed by atoms with van der Waals surface area (Å²) >= 11 is 0. The minimum atomic E-state index is -3.87. The summed E-state index contributed by atoms with van der Waals surface area (Å²) in [5.74, 6) is 0.0300. The fraction of sp³-hybridized carbons (Fsp3) is 0.269. The highest BCUT2D eigenvalue weighted by Gasteiger charge is 2.26. The van der Waals surface area contributed by atoms with E-state index in [0.29, 0.717) is 12.1 Å². The SMILES string of the molecule is COc1ccccc1[C@H](CNC(=O)c1ccc(S(=O)(=O)Nc2ccc(F)cc2)cc1)N1CCCC1. The quantitative estimate of drug-likeness (QED) is 0.463. The number of carbonyl (C=O) groups excluding carboxylic acids is 1. The average molecular weight is 498 g/mol. The summed E-state index contributed by atoms with van der Waals surface area (Å²) in [7, 11) is -2.24. The molecule has 1 saturated heterocycles. The van der Waals surface area contributed by atoms with Crippen LogP contribution in [-0.2, 0) is 10.0 Å². The Bertz CT molecular complexity index is 1260. The van der Waals surface area contributed by atoms with Crippen molar-refractivity contribution in [3.63, 3.8) is 0 Å². The summed E-state index contributed by atoms with van der Waals surface area (Å²) in [4.78, 5) is 15.2. The molecule has 3 aromatic rings. The zero-order valence-electron chi connectivity index (χ0n) is 19.4. The van der Waals surface area contributed by atoms with E-state index in [9.17, 15) is 17.6 Å². The monoisotopic (exact) mass is 497 g/mol. The number of benzene rings is 3. The Morgan fingerprint density at radius 3 is 2.31 bits per heavy atom. The molecule has 1 amide bonds. The minimum absolute atomic E-state index is 0.00217.